The molecular weight excluding hydrogens is 488 g/mol. The lowest BCUT2D eigenvalue weighted by atomic mass is 9.95. The van der Waals surface area contributed by atoms with Crippen LogP contribution in [0.3, 0.4) is 0 Å². The van der Waals surface area contributed by atoms with Gasteiger partial charge in [-0.05, 0) is 51.5 Å². The highest BCUT2D eigenvalue weighted by atomic mass is 16.6. The first-order chi connectivity index (χ1) is 18.0. The number of nitrogens with one attached hydrogen (secondary N) is 2. The molecule has 4 aromatic rings. The van der Waals surface area contributed by atoms with Gasteiger partial charge in [-0.15, -0.1) is 10.2 Å². The van der Waals surface area contributed by atoms with Gasteiger partial charge in [0.1, 0.15) is 17.0 Å². The van der Waals surface area contributed by atoms with Crippen LogP contribution < -0.4 is 10.6 Å². The van der Waals surface area contributed by atoms with Gasteiger partial charge >= 0.3 is 5.97 Å². The van der Waals surface area contributed by atoms with E-state index in [9.17, 15) is 15.0 Å². The van der Waals surface area contributed by atoms with E-state index in [2.05, 4.69) is 30.8 Å². The van der Waals surface area contributed by atoms with Gasteiger partial charge in [-0.3, -0.25) is 0 Å². The molecule has 0 radical (unpaired) electrons. The molecule has 0 amide bonds. The minimum atomic E-state index is -1.33. The SMILES string of the molecule is CC(C)(O)c1nnc(-c2cnc(Nc3ccc4c(c3)C(C)(C)OC4=O)nc2NC(CO)c2ccccc2)o1. The molecule has 4 N–H and O–H groups in total. The van der Waals surface area contributed by atoms with Crippen molar-refractivity contribution < 1.29 is 24.2 Å². The molecule has 0 spiro atoms. The number of esters is 1. The predicted molar refractivity (Wildman–Crippen MR) is 139 cm³/mol. The van der Waals surface area contributed by atoms with Crippen molar-refractivity contribution in [2.45, 2.75) is 44.9 Å². The number of carbonyl (C=O) groups excluding carboxylic acids is 1. The zero-order valence-corrected chi connectivity index (χ0v) is 21.4. The largest absolute Gasteiger partial charge is 0.451 e. The minimum Gasteiger partial charge on any atom is -0.451 e. The molecule has 2 aromatic carbocycles. The Bertz CT molecular complexity index is 1480. The van der Waals surface area contributed by atoms with Crippen LogP contribution in [-0.2, 0) is 15.9 Å². The Morgan fingerprint density at radius 2 is 1.84 bits per heavy atom. The van der Waals surface area contributed by atoms with Gasteiger partial charge in [-0.2, -0.15) is 4.98 Å². The summed E-state index contributed by atoms with van der Waals surface area (Å²) in [6.45, 7) is 6.54. The molecule has 5 rings (SSSR count). The standard InChI is InChI=1S/C27H28N6O5/c1-26(2,36)24-33-32-22(37-24)18-13-28-25(31-21(18)30-20(14-34)15-8-6-5-7-9-15)29-16-10-11-17-19(12-16)27(3,4)38-23(17)35/h5-13,20,34,36H,14H2,1-4H3,(H2,28,29,30,31). The van der Waals surface area contributed by atoms with Crippen LogP contribution in [0.25, 0.3) is 11.5 Å². The first-order valence-corrected chi connectivity index (χ1v) is 12.1. The molecule has 1 unspecified atom stereocenters. The fraction of sp³-hybridized carbons (Fsp3) is 0.296. The number of fused-ring (bicyclic) bond motifs is 1. The van der Waals surface area contributed by atoms with Crippen molar-refractivity contribution in [3.05, 3.63) is 77.3 Å². The number of cyclic esters (lactones) is 1. The van der Waals surface area contributed by atoms with Crippen molar-refractivity contribution in [1.82, 2.24) is 20.2 Å². The summed E-state index contributed by atoms with van der Waals surface area (Å²) in [5.74, 6) is 0.378. The molecule has 38 heavy (non-hydrogen) atoms. The maximum absolute atomic E-state index is 12.1. The Hall–Kier alpha value is -4.35. The van der Waals surface area contributed by atoms with Crippen molar-refractivity contribution in [3.63, 3.8) is 0 Å². The van der Waals surface area contributed by atoms with Crippen molar-refractivity contribution in [1.29, 1.82) is 0 Å². The second-order valence-corrected chi connectivity index (χ2v) is 10.0. The Morgan fingerprint density at radius 3 is 2.53 bits per heavy atom. The van der Waals surface area contributed by atoms with E-state index in [1.165, 1.54) is 6.20 Å². The first-order valence-electron chi connectivity index (χ1n) is 12.1. The predicted octanol–water partition coefficient (Wildman–Crippen LogP) is 4.05. The number of anilines is 3. The van der Waals surface area contributed by atoms with Crippen LogP contribution in [0.2, 0.25) is 0 Å². The lowest BCUT2D eigenvalue weighted by molar-refractivity contribution is 0.00953. The third-order valence-electron chi connectivity index (χ3n) is 6.16. The number of ether oxygens (including phenoxy) is 1. The molecular formula is C27H28N6O5. The highest BCUT2D eigenvalue weighted by molar-refractivity contribution is 5.95. The van der Waals surface area contributed by atoms with Crippen LogP contribution in [0.5, 0.6) is 0 Å². The molecule has 196 valence electrons. The van der Waals surface area contributed by atoms with Crippen molar-refractivity contribution in [2.75, 3.05) is 17.2 Å². The van der Waals surface area contributed by atoms with Gasteiger partial charge in [-0.25, -0.2) is 9.78 Å². The third kappa shape index (κ3) is 4.93. The van der Waals surface area contributed by atoms with Crippen LogP contribution in [-0.4, -0.2) is 43.0 Å². The lowest BCUT2D eigenvalue weighted by Crippen LogP contribution is -2.17. The molecule has 0 fully saturated rings. The Balaban J connectivity index is 1.52. The average Bonchev–Trinajstić information content (AvgIpc) is 3.46. The molecule has 11 heteroatoms. The fourth-order valence-corrected chi connectivity index (χ4v) is 4.14. The van der Waals surface area contributed by atoms with Crippen molar-refractivity contribution >= 4 is 23.4 Å². The number of nitrogens with zero attached hydrogens (tertiary/aromatic N) is 4. The van der Waals surface area contributed by atoms with Crippen LogP contribution in [0.1, 0.15) is 61.1 Å². The van der Waals surface area contributed by atoms with Gasteiger partial charge in [0.15, 0.2) is 0 Å². The van der Waals surface area contributed by atoms with Crippen LogP contribution in [0.15, 0.2) is 59.1 Å². The number of benzene rings is 2. The zero-order valence-electron chi connectivity index (χ0n) is 21.4. The summed E-state index contributed by atoms with van der Waals surface area (Å²) in [4.78, 5) is 21.2. The van der Waals surface area contributed by atoms with Crippen molar-refractivity contribution in [2.24, 2.45) is 0 Å². The Labute approximate surface area is 218 Å². The van der Waals surface area contributed by atoms with E-state index in [-0.39, 0.29) is 30.3 Å². The summed E-state index contributed by atoms with van der Waals surface area (Å²) in [6.07, 6.45) is 1.52. The molecule has 0 aliphatic carbocycles. The molecule has 2 aromatic heterocycles. The summed E-state index contributed by atoms with van der Waals surface area (Å²) >= 11 is 0. The summed E-state index contributed by atoms with van der Waals surface area (Å²) in [5.41, 5.74) is 1.11. The second kappa shape index (κ2) is 9.51. The quantitative estimate of drug-likeness (QED) is 0.251. The summed E-state index contributed by atoms with van der Waals surface area (Å²) in [7, 11) is 0. The smallest absolute Gasteiger partial charge is 0.339 e. The number of hydrogen-bond acceptors (Lipinski definition) is 11. The molecule has 3 heterocycles. The monoisotopic (exact) mass is 516 g/mol. The number of hydrogen-bond donors (Lipinski definition) is 4. The third-order valence-corrected chi connectivity index (χ3v) is 6.16. The number of rotatable bonds is 8. The summed E-state index contributed by atoms with van der Waals surface area (Å²) in [6, 6.07) is 14.2. The Morgan fingerprint density at radius 1 is 1.08 bits per heavy atom. The van der Waals surface area contributed by atoms with Crippen LogP contribution in [0, 0.1) is 0 Å². The second-order valence-electron chi connectivity index (χ2n) is 10.0. The van der Waals surface area contributed by atoms with Crippen LogP contribution >= 0.6 is 0 Å². The van der Waals surface area contributed by atoms with E-state index in [1.54, 1.807) is 26.0 Å². The molecule has 1 aliphatic heterocycles. The van der Waals surface area contributed by atoms with E-state index in [0.29, 0.717) is 22.6 Å². The molecule has 11 nitrogen and oxygen atoms in total. The van der Waals surface area contributed by atoms with Crippen molar-refractivity contribution in [3.8, 4) is 11.5 Å². The maximum Gasteiger partial charge on any atom is 0.339 e. The number of carbonyl (C=O) groups is 1. The normalized spacial score (nSPS) is 15.1. The molecule has 1 aliphatic rings. The van der Waals surface area contributed by atoms with E-state index in [1.807, 2.05) is 50.2 Å². The topological polar surface area (TPSA) is 156 Å². The van der Waals surface area contributed by atoms with Gasteiger partial charge in [0.2, 0.25) is 11.8 Å². The average molecular weight is 517 g/mol. The van der Waals surface area contributed by atoms with E-state index < -0.39 is 17.2 Å². The zero-order chi connectivity index (χ0) is 27.1. The van der Waals surface area contributed by atoms with Gasteiger partial charge in [0.05, 0.1) is 23.8 Å². The number of aliphatic hydroxyl groups excluding tert-OH is 1. The minimum absolute atomic E-state index is 0.0416. The van der Waals surface area contributed by atoms with Gasteiger partial charge in [0, 0.05) is 17.4 Å². The fourth-order valence-electron chi connectivity index (χ4n) is 4.14. The Kier molecular flexibility index (Phi) is 6.33. The van der Waals surface area contributed by atoms with Crippen LogP contribution in [0.4, 0.5) is 17.5 Å². The lowest BCUT2D eigenvalue weighted by Gasteiger charge is -2.20. The van der Waals surface area contributed by atoms with Gasteiger partial charge in [0.25, 0.3) is 5.89 Å². The summed E-state index contributed by atoms with van der Waals surface area (Å²) < 4.78 is 11.2. The highest BCUT2D eigenvalue weighted by Crippen LogP contribution is 2.38. The van der Waals surface area contributed by atoms with E-state index in [4.69, 9.17) is 9.15 Å². The summed E-state index contributed by atoms with van der Waals surface area (Å²) in [5, 5.41) is 34.8. The number of aliphatic hydroxyl groups is 2. The molecule has 0 saturated carbocycles. The van der Waals surface area contributed by atoms with Gasteiger partial charge < -0.3 is 30.0 Å². The first kappa shape index (κ1) is 25.3. The highest BCUT2D eigenvalue weighted by Gasteiger charge is 2.37. The van der Waals surface area contributed by atoms with E-state index >= 15 is 0 Å². The molecule has 1 atom stereocenters. The maximum atomic E-state index is 12.1. The van der Waals surface area contributed by atoms with E-state index in [0.717, 1.165) is 11.1 Å². The molecule has 0 bridgehead atoms. The molecule has 0 saturated heterocycles. The number of aromatic nitrogens is 4. The van der Waals surface area contributed by atoms with Gasteiger partial charge in [-0.1, -0.05) is 30.3 Å².